The number of halogens is 3. The van der Waals surface area contributed by atoms with E-state index in [2.05, 4.69) is 10.3 Å². The molecule has 0 unspecified atom stereocenters. The summed E-state index contributed by atoms with van der Waals surface area (Å²) in [7, 11) is 0. The molecular weight excluding hydrogens is 421 g/mol. The summed E-state index contributed by atoms with van der Waals surface area (Å²) in [5.74, 6) is -5.12. The van der Waals surface area contributed by atoms with E-state index in [1.807, 2.05) is 12.1 Å². The van der Waals surface area contributed by atoms with Gasteiger partial charge in [0.1, 0.15) is 5.82 Å². The maximum atomic E-state index is 13.9. The molecule has 1 saturated heterocycles. The Morgan fingerprint density at radius 3 is 2.62 bits per heavy atom. The zero-order valence-corrected chi connectivity index (χ0v) is 17.1. The lowest BCUT2D eigenvalue weighted by atomic mass is 10.1. The number of anilines is 2. The first-order valence-corrected chi connectivity index (χ1v) is 10.2. The zero-order valence-electron chi connectivity index (χ0n) is 17.1. The molecule has 3 N–H and O–H groups in total. The van der Waals surface area contributed by atoms with E-state index in [0.717, 1.165) is 17.5 Å². The molecule has 2 amide bonds. The number of hydrogen-bond donors (Lipinski definition) is 2. The number of carbonyl (C=O) groups is 2. The molecule has 9 heteroatoms. The summed E-state index contributed by atoms with van der Waals surface area (Å²) in [6, 6.07) is 12.4. The van der Waals surface area contributed by atoms with E-state index in [0.29, 0.717) is 17.7 Å². The van der Waals surface area contributed by atoms with Crippen LogP contribution in [0.15, 0.2) is 48.5 Å². The molecule has 3 aromatic rings. The van der Waals surface area contributed by atoms with E-state index >= 15 is 0 Å². The number of para-hydroxylation sites is 1. The molecule has 4 rings (SSSR count). The van der Waals surface area contributed by atoms with Gasteiger partial charge in [-0.2, -0.15) is 0 Å². The van der Waals surface area contributed by atoms with Crippen LogP contribution in [0.5, 0.6) is 0 Å². The minimum atomic E-state index is -2.75. The molecule has 166 valence electrons. The molecule has 0 saturated carbocycles. The van der Waals surface area contributed by atoms with Gasteiger partial charge < -0.3 is 16.0 Å². The van der Waals surface area contributed by atoms with Crippen LogP contribution in [0.1, 0.15) is 40.1 Å². The van der Waals surface area contributed by atoms with Crippen molar-refractivity contribution in [1.29, 1.82) is 0 Å². The summed E-state index contributed by atoms with van der Waals surface area (Å²) < 4.78 is 41.6. The van der Waals surface area contributed by atoms with Gasteiger partial charge in [0.25, 0.3) is 11.8 Å². The lowest BCUT2D eigenvalue weighted by Gasteiger charge is -2.25. The Balaban J connectivity index is 1.72. The van der Waals surface area contributed by atoms with Crippen LogP contribution in [0.25, 0.3) is 10.9 Å². The molecular formula is C23H21F3N4O2. The number of benzene rings is 2. The Hall–Kier alpha value is -3.62. The van der Waals surface area contributed by atoms with Crippen LogP contribution in [0.3, 0.4) is 0 Å². The van der Waals surface area contributed by atoms with Gasteiger partial charge in [-0.1, -0.05) is 18.2 Å². The van der Waals surface area contributed by atoms with Gasteiger partial charge in [-0.3, -0.25) is 9.59 Å². The molecule has 0 spiro atoms. The van der Waals surface area contributed by atoms with Crippen molar-refractivity contribution in [2.45, 2.75) is 25.2 Å². The number of nitrogens with zero attached hydrogens (tertiary/aromatic N) is 2. The Morgan fingerprint density at radius 2 is 1.84 bits per heavy atom. The molecule has 2 aromatic carbocycles. The third-order valence-electron chi connectivity index (χ3n) is 5.47. The predicted molar refractivity (Wildman–Crippen MR) is 116 cm³/mol. The highest BCUT2D eigenvalue weighted by molar-refractivity contribution is 6.09. The van der Waals surface area contributed by atoms with Gasteiger partial charge in [0.05, 0.1) is 16.8 Å². The van der Waals surface area contributed by atoms with Gasteiger partial charge in [-0.25, -0.2) is 18.2 Å². The number of carbonyl (C=O) groups excluding carboxylic acids is 2. The van der Waals surface area contributed by atoms with Gasteiger partial charge in [-0.15, -0.1) is 0 Å². The minimum Gasteiger partial charge on any atom is -0.369 e. The Morgan fingerprint density at radius 1 is 1.06 bits per heavy atom. The number of amides is 2. The second-order valence-corrected chi connectivity index (χ2v) is 7.76. The highest BCUT2D eigenvalue weighted by Gasteiger charge is 2.33. The van der Waals surface area contributed by atoms with E-state index in [4.69, 9.17) is 5.73 Å². The number of alkyl halides is 2. The van der Waals surface area contributed by atoms with Crippen molar-refractivity contribution in [3.8, 4) is 0 Å². The summed E-state index contributed by atoms with van der Waals surface area (Å²) in [4.78, 5) is 30.8. The molecule has 1 aliphatic rings. The largest absolute Gasteiger partial charge is 0.369 e. The topological polar surface area (TPSA) is 88.3 Å². The molecule has 6 nitrogen and oxygen atoms in total. The first kappa shape index (κ1) is 21.6. The lowest BCUT2D eigenvalue weighted by Crippen LogP contribution is -2.29. The molecule has 32 heavy (non-hydrogen) atoms. The summed E-state index contributed by atoms with van der Waals surface area (Å²) in [5, 5.41) is 3.38. The molecule has 0 bridgehead atoms. The van der Waals surface area contributed by atoms with Crippen LogP contribution in [-0.2, 0) is 0 Å². The van der Waals surface area contributed by atoms with Crippen molar-refractivity contribution in [2.24, 2.45) is 5.73 Å². The van der Waals surface area contributed by atoms with E-state index in [-0.39, 0.29) is 42.8 Å². The van der Waals surface area contributed by atoms with Gasteiger partial charge >= 0.3 is 0 Å². The number of primary amides is 1. The summed E-state index contributed by atoms with van der Waals surface area (Å²) in [5.41, 5.74) is 6.04. The summed E-state index contributed by atoms with van der Waals surface area (Å²) >= 11 is 0. The second-order valence-electron chi connectivity index (χ2n) is 7.76. The van der Waals surface area contributed by atoms with Gasteiger partial charge in [-0.05, 0) is 36.8 Å². The summed E-state index contributed by atoms with van der Waals surface area (Å²) in [6.45, 7) is 0.438. The predicted octanol–water partition coefficient (Wildman–Crippen LogP) is 4.35. The third-order valence-corrected chi connectivity index (χ3v) is 5.47. The number of pyridine rings is 1. The average Bonchev–Trinajstić information content (AvgIpc) is 2.94. The molecule has 0 atom stereocenters. The Kier molecular flexibility index (Phi) is 5.73. The first-order chi connectivity index (χ1) is 15.2. The number of nitrogens with one attached hydrogen (secondary N) is 1. The number of hydrogen-bond acceptors (Lipinski definition) is 4. The second kappa shape index (κ2) is 8.49. The quantitative estimate of drug-likeness (QED) is 0.629. The fraction of sp³-hybridized carbons (Fsp3) is 0.261. The monoisotopic (exact) mass is 442 g/mol. The molecule has 1 aliphatic heterocycles. The van der Waals surface area contributed by atoms with E-state index < -0.39 is 23.6 Å². The molecule has 0 aliphatic carbocycles. The van der Waals surface area contributed by atoms with Crippen molar-refractivity contribution in [2.75, 3.05) is 23.3 Å². The van der Waals surface area contributed by atoms with E-state index in [9.17, 15) is 22.8 Å². The number of fused-ring (bicyclic) bond motifs is 1. The normalized spacial score (nSPS) is 15.9. The summed E-state index contributed by atoms with van der Waals surface area (Å²) in [6.07, 6.45) is -0.251. The highest BCUT2D eigenvalue weighted by atomic mass is 19.3. The zero-order chi connectivity index (χ0) is 22.9. The van der Waals surface area contributed by atoms with Crippen molar-refractivity contribution < 1.29 is 22.8 Å². The molecule has 1 fully saturated rings. The smallest absolute Gasteiger partial charge is 0.276 e. The highest BCUT2D eigenvalue weighted by Crippen LogP contribution is 2.32. The van der Waals surface area contributed by atoms with Crippen LogP contribution >= 0.6 is 0 Å². The number of rotatable bonds is 4. The SMILES string of the molecule is NC(=O)c1cc(NC(=O)c2nc3ccccc3cc2N2CCCC(F)(F)CC2)ccc1F. The molecule has 2 heterocycles. The van der Waals surface area contributed by atoms with Crippen molar-refractivity contribution in [1.82, 2.24) is 4.98 Å². The average molecular weight is 442 g/mol. The minimum absolute atomic E-state index is 0.0545. The molecule has 1 aromatic heterocycles. The van der Waals surface area contributed by atoms with Gasteiger partial charge in [0, 0.05) is 37.0 Å². The maximum Gasteiger partial charge on any atom is 0.276 e. The first-order valence-electron chi connectivity index (χ1n) is 10.2. The fourth-order valence-electron chi connectivity index (χ4n) is 3.80. The van der Waals surface area contributed by atoms with Gasteiger partial charge in [0.2, 0.25) is 5.92 Å². The third kappa shape index (κ3) is 4.51. The van der Waals surface area contributed by atoms with Crippen molar-refractivity contribution in [3.63, 3.8) is 0 Å². The van der Waals surface area contributed by atoms with Crippen molar-refractivity contribution >= 4 is 34.1 Å². The van der Waals surface area contributed by atoms with Crippen LogP contribution in [0.4, 0.5) is 24.5 Å². The molecule has 0 radical (unpaired) electrons. The number of nitrogens with two attached hydrogens (primary N) is 1. The van der Waals surface area contributed by atoms with Crippen LogP contribution < -0.4 is 16.0 Å². The Labute approximate surface area is 182 Å². The van der Waals surface area contributed by atoms with Crippen LogP contribution in [0.2, 0.25) is 0 Å². The van der Waals surface area contributed by atoms with Gasteiger partial charge in [0.15, 0.2) is 5.69 Å². The van der Waals surface area contributed by atoms with Crippen molar-refractivity contribution in [3.05, 3.63) is 65.6 Å². The van der Waals surface area contributed by atoms with E-state index in [1.54, 1.807) is 23.1 Å². The fourth-order valence-corrected chi connectivity index (χ4v) is 3.80. The maximum absolute atomic E-state index is 13.9. The van der Waals surface area contributed by atoms with Crippen LogP contribution in [0, 0.1) is 5.82 Å². The lowest BCUT2D eigenvalue weighted by molar-refractivity contribution is -0.0102. The van der Waals surface area contributed by atoms with Crippen LogP contribution in [-0.4, -0.2) is 35.8 Å². The standard InChI is InChI=1S/C23H21F3N4O2/c24-17-7-6-15(13-16(17)21(27)31)28-22(32)20-19(12-14-4-1-2-5-18(14)29-20)30-10-3-8-23(25,26)9-11-30/h1-2,4-7,12-13H,3,8-11H2,(H2,27,31)(H,28,32). The van der Waals surface area contributed by atoms with E-state index in [1.165, 1.54) is 6.07 Å². The Bertz CT molecular complexity index is 1200. The number of aromatic nitrogens is 1.